The Kier molecular flexibility index (Phi) is 4.51. The largest absolute Gasteiger partial charge is 0.497 e. The minimum absolute atomic E-state index is 0.913. The van der Waals surface area contributed by atoms with Crippen LogP contribution in [0.15, 0.2) is 70.0 Å². The standard InChI is InChI=1S/C18H15BrOS/c1-20-15-6-2-4-13(10-15)12-21-16-8-9-17-14(11-16)5-3-7-18(17)19/h2-11H,12H2,1H3. The lowest BCUT2D eigenvalue weighted by Gasteiger charge is -2.06. The van der Waals surface area contributed by atoms with Crippen molar-refractivity contribution in [2.45, 2.75) is 10.6 Å². The van der Waals surface area contributed by atoms with Crippen LogP contribution in [0.1, 0.15) is 5.56 Å². The number of ether oxygens (including phenoxy) is 1. The van der Waals surface area contributed by atoms with Crippen LogP contribution < -0.4 is 4.74 Å². The zero-order valence-electron chi connectivity index (χ0n) is 11.7. The summed E-state index contributed by atoms with van der Waals surface area (Å²) < 4.78 is 6.41. The maximum absolute atomic E-state index is 5.26. The Morgan fingerprint density at radius 1 is 1.00 bits per heavy atom. The molecule has 0 N–H and O–H groups in total. The van der Waals surface area contributed by atoms with E-state index in [-0.39, 0.29) is 0 Å². The van der Waals surface area contributed by atoms with Crippen molar-refractivity contribution < 1.29 is 4.74 Å². The predicted molar refractivity (Wildman–Crippen MR) is 94.2 cm³/mol. The van der Waals surface area contributed by atoms with Gasteiger partial charge in [-0.25, -0.2) is 0 Å². The van der Waals surface area contributed by atoms with E-state index in [4.69, 9.17) is 4.74 Å². The van der Waals surface area contributed by atoms with Crippen LogP contribution in [-0.4, -0.2) is 7.11 Å². The molecule has 3 heteroatoms. The Morgan fingerprint density at radius 3 is 2.71 bits per heavy atom. The minimum atomic E-state index is 0.913. The summed E-state index contributed by atoms with van der Waals surface area (Å²) in [5.41, 5.74) is 1.27. The van der Waals surface area contributed by atoms with Gasteiger partial charge in [0, 0.05) is 15.1 Å². The molecule has 0 aromatic heterocycles. The van der Waals surface area contributed by atoms with E-state index >= 15 is 0 Å². The van der Waals surface area contributed by atoms with E-state index in [1.54, 1.807) is 7.11 Å². The molecule has 0 saturated carbocycles. The van der Waals surface area contributed by atoms with Gasteiger partial charge in [0.1, 0.15) is 5.75 Å². The summed E-state index contributed by atoms with van der Waals surface area (Å²) in [5.74, 6) is 1.85. The molecule has 0 amide bonds. The Hall–Kier alpha value is -1.45. The number of fused-ring (bicyclic) bond motifs is 1. The molecule has 106 valence electrons. The van der Waals surface area contributed by atoms with Gasteiger partial charge in [0.2, 0.25) is 0 Å². The van der Waals surface area contributed by atoms with Crippen LogP contribution in [0.3, 0.4) is 0 Å². The van der Waals surface area contributed by atoms with Crippen LogP contribution >= 0.6 is 27.7 Å². The van der Waals surface area contributed by atoms with Crippen LogP contribution in [0.25, 0.3) is 10.8 Å². The van der Waals surface area contributed by atoms with Gasteiger partial charge in [-0.3, -0.25) is 0 Å². The van der Waals surface area contributed by atoms with Gasteiger partial charge in [0.05, 0.1) is 7.11 Å². The third-order valence-corrected chi connectivity index (χ3v) is 5.09. The molecule has 0 aliphatic rings. The summed E-state index contributed by atoms with van der Waals surface area (Å²) in [6.45, 7) is 0. The molecule has 0 aliphatic carbocycles. The Morgan fingerprint density at radius 2 is 1.86 bits per heavy atom. The molecule has 0 saturated heterocycles. The van der Waals surface area contributed by atoms with Crippen molar-refractivity contribution in [2.75, 3.05) is 7.11 Å². The Balaban J connectivity index is 1.78. The average molecular weight is 359 g/mol. The first kappa shape index (κ1) is 14.5. The number of rotatable bonds is 4. The van der Waals surface area contributed by atoms with Crippen LogP contribution in [0.4, 0.5) is 0 Å². The van der Waals surface area contributed by atoms with Crippen molar-refractivity contribution in [3.8, 4) is 5.75 Å². The second-order valence-corrected chi connectivity index (χ2v) is 6.67. The zero-order valence-corrected chi connectivity index (χ0v) is 14.1. The number of halogens is 1. The highest BCUT2D eigenvalue weighted by Gasteiger charge is 2.02. The van der Waals surface area contributed by atoms with Gasteiger partial charge in [-0.15, -0.1) is 11.8 Å². The molecule has 21 heavy (non-hydrogen) atoms. The van der Waals surface area contributed by atoms with Gasteiger partial charge < -0.3 is 4.74 Å². The molecule has 0 spiro atoms. The van der Waals surface area contributed by atoms with E-state index in [1.807, 2.05) is 23.9 Å². The lowest BCUT2D eigenvalue weighted by molar-refractivity contribution is 0.414. The average Bonchev–Trinajstić information content (AvgIpc) is 2.53. The normalized spacial score (nSPS) is 10.8. The number of hydrogen-bond acceptors (Lipinski definition) is 2. The lowest BCUT2D eigenvalue weighted by Crippen LogP contribution is -1.85. The fourth-order valence-corrected chi connectivity index (χ4v) is 3.64. The maximum atomic E-state index is 5.26. The van der Waals surface area contributed by atoms with Crippen LogP contribution in [-0.2, 0) is 5.75 Å². The van der Waals surface area contributed by atoms with Crippen molar-refractivity contribution >= 4 is 38.5 Å². The highest BCUT2D eigenvalue weighted by atomic mass is 79.9. The predicted octanol–water partition coefficient (Wildman–Crippen LogP) is 5.90. The third kappa shape index (κ3) is 3.42. The molecule has 0 unspecified atom stereocenters. The van der Waals surface area contributed by atoms with Gasteiger partial charge in [0.15, 0.2) is 0 Å². The summed E-state index contributed by atoms with van der Waals surface area (Å²) in [4.78, 5) is 1.28. The first-order valence-corrected chi connectivity index (χ1v) is 8.48. The number of thioether (sulfide) groups is 1. The fraction of sp³-hybridized carbons (Fsp3) is 0.111. The molecular weight excluding hydrogens is 344 g/mol. The van der Waals surface area contributed by atoms with Gasteiger partial charge in [0.25, 0.3) is 0 Å². The molecule has 3 rings (SSSR count). The molecule has 0 fully saturated rings. The van der Waals surface area contributed by atoms with E-state index < -0.39 is 0 Å². The first-order chi connectivity index (χ1) is 10.3. The molecular formula is C18H15BrOS. The van der Waals surface area contributed by atoms with E-state index in [2.05, 4.69) is 64.5 Å². The summed E-state index contributed by atoms with van der Waals surface area (Å²) in [6.07, 6.45) is 0. The van der Waals surface area contributed by atoms with E-state index in [0.717, 1.165) is 16.0 Å². The second-order valence-electron chi connectivity index (χ2n) is 4.76. The Bertz CT molecular complexity index is 770. The van der Waals surface area contributed by atoms with Gasteiger partial charge in [-0.2, -0.15) is 0 Å². The third-order valence-electron chi connectivity index (χ3n) is 3.34. The van der Waals surface area contributed by atoms with Crippen molar-refractivity contribution in [3.05, 3.63) is 70.7 Å². The number of methoxy groups -OCH3 is 1. The Labute approximate surface area is 137 Å². The lowest BCUT2D eigenvalue weighted by atomic mass is 10.1. The summed E-state index contributed by atoms with van der Waals surface area (Å²) in [6, 6.07) is 21.1. The molecule has 3 aromatic carbocycles. The zero-order chi connectivity index (χ0) is 14.7. The minimum Gasteiger partial charge on any atom is -0.497 e. The molecule has 1 nitrogen and oxygen atoms in total. The molecule has 0 heterocycles. The van der Waals surface area contributed by atoms with E-state index in [1.165, 1.54) is 21.2 Å². The maximum Gasteiger partial charge on any atom is 0.119 e. The number of benzene rings is 3. The summed E-state index contributed by atoms with van der Waals surface area (Å²) in [7, 11) is 1.70. The van der Waals surface area contributed by atoms with E-state index in [0.29, 0.717) is 0 Å². The number of hydrogen-bond donors (Lipinski definition) is 0. The SMILES string of the molecule is COc1cccc(CSc2ccc3c(Br)cccc3c2)c1. The quantitative estimate of drug-likeness (QED) is 0.536. The van der Waals surface area contributed by atoms with Crippen LogP contribution in [0.2, 0.25) is 0 Å². The molecule has 0 radical (unpaired) electrons. The molecule has 0 atom stereocenters. The monoisotopic (exact) mass is 358 g/mol. The van der Waals surface area contributed by atoms with E-state index in [9.17, 15) is 0 Å². The smallest absolute Gasteiger partial charge is 0.119 e. The summed E-state index contributed by atoms with van der Waals surface area (Å²) >= 11 is 5.43. The highest BCUT2D eigenvalue weighted by molar-refractivity contribution is 9.10. The highest BCUT2D eigenvalue weighted by Crippen LogP contribution is 2.30. The molecule has 0 bridgehead atoms. The van der Waals surface area contributed by atoms with Crippen molar-refractivity contribution in [1.29, 1.82) is 0 Å². The second kappa shape index (κ2) is 6.54. The summed E-state index contributed by atoms with van der Waals surface area (Å²) in [5, 5.41) is 2.52. The van der Waals surface area contributed by atoms with Crippen LogP contribution in [0.5, 0.6) is 5.75 Å². The molecule has 0 aliphatic heterocycles. The molecule has 3 aromatic rings. The van der Waals surface area contributed by atoms with Gasteiger partial charge in [-0.05, 0) is 46.7 Å². The van der Waals surface area contributed by atoms with Crippen molar-refractivity contribution in [2.24, 2.45) is 0 Å². The van der Waals surface area contributed by atoms with Gasteiger partial charge >= 0.3 is 0 Å². The fourth-order valence-electron chi connectivity index (χ4n) is 2.24. The van der Waals surface area contributed by atoms with Crippen molar-refractivity contribution in [3.63, 3.8) is 0 Å². The van der Waals surface area contributed by atoms with Crippen LogP contribution in [0, 0.1) is 0 Å². The first-order valence-electron chi connectivity index (χ1n) is 6.70. The van der Waals surface area contributed by atoms with Gasteiger partial charge in [-0.1, -0.05) is 46.3 Å². The van der Waals surface area contributed by atoms with Crippen molar-refractivity contribution in [1.82, 2.24) is 0 Å². The topological polar surface area (TPSA) is 9.23 Å².